The predicted octanol–water partition coefficient (Wildman–Crippen LogP) is 5.74. The smallest absolute Gasteiger partial charge is 0.00171 e. The van der Waals surface area contributed by atoms with Gasteiger partial charge in [0.25, 0.3) is 0 Å². The number of hydrogen-bond acceptors (Lipinski definition) is 0. The van der Waals surface area contributed by atoms with Crippen molar-refractivity contribution < 1.29 is 0 Å². The third kappa shape index (κ3) is 4.68. The highest BCUT2D eigenvalue weighted by atomic mass is 14.1. The molecule has 0 aromatic heterocycles. The SMILES string of the molecule is C=C(CCCC)C(C)c1ccc(CC(C)C)cc1. The molecule has 1 aromatic rings. The van der Waals surface area contributed by atoms with Gasteiger partial charge in [-0.1, -0.05) is 70.5 Å². The molecule has 1 aromatic carbocycles. The van der Waals surface area contributed by atoms with Crippen molar-refractivity contribution in [3.63, 3.8) is 0 Å². The first-order valence-electron chi connectivity index (χ1n) is 7.31. The Kier molecular flexibility index (Phi) is 6.18. The van der Waals surface area contributed by atoms with E-state index in [0.29, 0.717) is 5.92 Å². The second-order valence-corrected chi connectivity index (χ2v) is 5.82. The Labute approximate surface area is 113 Å². The first kappa shape index (κ1) is 15.0. The molecule has 1 unspecified atom stereocenters. The molecule has 0 saturated heterocycles. The first-order chi connectivity index (χ1) is 8.54. The summed E-state index contributed by atoms with van der Waals surface area (Å²) < 4.78 is 0. The molecule has 0 heterocycles. The van der Waals surface area contributed by atoms with Gasteiger partial charge in [0.1, 0.15) is 0 Å². The van der Waals surface area contributed by atoms with Crippen LogP contribution in [0.2, 0.25) is 0 Å². The summed E-state index contributed by atoms with van der Waals surface area (Å²) in [6.07, 6.45) is 4.84. The van der Waals surface area contributed by atoms with Crippen LogP contribution >= 0.6 is 0 Å². The van der Waals surface area contributed by atoms with Crippen molar-refractivity contribution in [1.29, 1.82) is 0 Å². The minimum Gasteiger partial charge on any atom is -0.0993 e. The van der Waals surface area contributed by atoms with E-state index in [1.807, 2.05) is 0 Å². The van der Waals surface area contributed by atoms with Crippen LogP contribution in [0.15, 0.2) is 36.4 Å². The molecule has 0 N–H and O–H groups in total. The van der Waals surface area contributed by atoms with Gasteiger partial charge in [-0.2, -0.15) is 0 Å². The van der Waals surface area contributed by atoms with Crippen molar-refractivity contribution in [3.05, 3.63) is 47.5 Å². The molecule has 0 saturated carbocycles. The highest BCUT2D eigenvalue weighted by molar-refractivity contribution is 5.30. The molecule has 1 rings (SSSR count). The number of benzene rings is 1. The average Bonchev–Trinajstić information content (AvgIpc) is 2.35. The van der Waals surface area contributed by atoms with Crippen LogP contribution in [-0.2, 0) is 6.42 Å². The fourth-order valence-corrected chi connectivity index (χ4v) is 2.27. The molecule has 0 fully saturated rings. The molecule has 0 amide bonds. The molecule has 1 atom stereocenters. The topological polar surface area (TPSA) is 0 Å². The van der Waals surface area contributed by atoms with Gasteiger partial charge in [0.15, 0.2) is 0 Å². The number of unbranched alkanes of at least 4 members (excludes halogenated alkanes) is 1. The van der Waals surface area contributed by atoms with Gasteiger partial charge in [-0.25, -0.2) is 0 Å². The quantitative estimate of drug-likeness (QED) is 0.537. The van der Waals surface area contributed by atoms with Crippen molar-refractivity contribution in [3.8, 4) is 0 Å². The zero-order chi connectivity index (χ0) is 13.5. The summed E-state index contributed by atoms with van der Waals surface area (Å²) in [7, 11) is 0. The van der Waals surface area contributed by atoms with Crippen LogP contribution in [0.1, 0.15) is 64.0 Å². The van der Waals surface area contributed by atoms with Gasteiger partial charge in [0, 0.05) is 5.92 Å². The Hall–Kier alpha value is -1.04. The van der Waals surface area contributed by atoms with Crippen LogP contribution in [0.25, 0.3) is 0 Å². The van der Waals surface area contributed by atoms with E-state index in [-0.39, 0.29) is 0 Å². The molecular formula is C18H28. The zero-order valence-electron chi connectivity index (χ0n) is 12.5. The van der Waals surface area contributed by atoms with Crippen LogP contribution in [0.3, 0.4) is 0 Å². The normalized spacial score (nSPS) is 12.7. The third-order valence-corrected chi connectivity index (χ3v) is 3.59. The van der Waals surface area contributed by atoms with Gasteiger partial charge in [-0.15, -0.1) is 0 Å². The Morgan fingerprint density at radius 2 is 1.72 bits per heavy atom. The van der Waals surface area contributed by atoms with Gasteiger partial charge in [0.05, 0.1) is 0 Å². The van der Waals surface area contributed by atoms with Gasteiger partial charge in [-0.3, -0.25) is 0 Å². The van der Waals surface area contributed by atoms with E-state index in [2.05, 4.69) is 58.5 Å². The fourth-order valence-electron chi connectivity index (χ4n) is 2.27. The lowest BCUT2D eigenvalue weighted by Gasteiger charge is -2.16. The van der Waals surface area contributed by atoms with Crippen molar-refractivity contribution in [2.75, 3.05) is 0 Å². The third-order valence-electron chi connectivity index (χ3n) is 3.59. The predicted molar refractivity (Wildman–Crippen MR) is 82.1 cm³/mol. The second kappa shape index (κ2) is 7.41. The Bertz CT molecular complexity index is 356. The molecule has 0 aliphatic heterocycles. The zero-order valence-corrected chi connectivity index (χ0v) is 12.5. The largest absolute Gasteiger partial charge is 0.0993 e. The fraction of sp³-hybridized carbons (Fsp3) is 0.556. The number of allylic oxidation sites excluding steroid dienone is 1. The van der Waals surface area contributed by atoms with Gasteiger partial charge in [0.2, 0.25) is 0 Å². The highest BCUT2D eigenvalue weighted by Crippen LogP contribution is 2.26. The molecule has 18 heavy (non-hydrogen) atoms. The number of hydrogen-bond donors (Lipinski definition) is 0. The minimum atomic E-state index is 0.490. The van der Waals surface area contributed by atoms with Gasteiger partial charge >= 0.3 is 0 Å². The maximum atomic E-state index is 4.24. The molecule has 0 bridgehead atoms. The van der Waals surface area contributed by atoms with E-state index in [4.69, 9.17) is 0 Å². The summed E-state index contributed by atoms with van der Waals surface area (Å²) in [6.45, 7) is 13.3. The van der Waals surface area contributed by atoms with Crippen molar-refractivity contribution in [2.24, 2.45) is 5.92 Å². The lowest BCUT2D eigenvalue weighted by Crippen LogP contribution is -1.99. The summed E-state index contributed by atoms with van der Waals surface area (Å²) in [5, 5.41) is 0. The molecule has 0 spiro atoms. The highest BCUT2D eigenvalue weighted by Gasteiger charge is 2.09. The average molecular weight is 244 g/mol. The maximum Gasteiger partial charge on any atom is 0.00171 e. The summed E-state index contributed by atoms with van der Waals surface area (Å²) >= 11 is 0. The minimum absolute atomic E-state index is 0.490. The van der Waals surface area contributed by atoms with Crippen LogP contribution in [-0.4, -0.2) is 0 Å². The van der Waals surface area contributed by atoms with E-state index in [0.717, 1.165) is 12.3 Å². The summed E-state index contributed by atoms with van der Waals surface area (Å²) in [5.74, 6) is 1.22. The lowest BCUT2D eigenvalue weighted by molar-refractivity contribution is 0.647. The van der Waals surface area contributed by atoms with Crippen molar-refractivity contribution >= 4 is 0 Å². The van der Waals surface area contributed by atoms with Gasteiger partial charge in [-0.05, 0) is 36.3 Å². The summed E-state index contributed by atoms with van der Waals surface area (Å²) in [5.41, 5.74) is 4.22. The van der Waals surface area contributed by atoms with E-state index >= 15 is 0 Å². The van der Waals surface area contributed by atoms with E-state index in [1.165, 1.54) is 36.0 Å². The molecule has 0 heteroatoms. The van der Waals surface area contributed by atoms with E-state index < -0.39 is 0 Å². The lowest BCUT2D eigenvalue weighted by atomic mass is 9.89. The summed E-state index contributed by atoms with van der Waals surface area (Å²) in [6, 6.07) is 9.11. The van der Waals surface area contributed by atoms with Crippen LogP contribution in [0.4, 0.5) is 0 Å². The standard InChI is InChI=1S/C18H28/c1-6-7-8-15(4)16(5)18-11-9-17(10-12-18)13-14(2)3/h9-12,14,16H,4,6-8,13H2,1-3,5H3. The van der Waals surface area contributed by atoms with E-state index in [1.54, 1.807) is 0 Å². The number of rotatable bonds is 7. The van der Waals surface area contributed by atoms with Crippen molar-refractivity contribution in [2.45, 2.75) is 59.3 Å². The first-order valence-corrected chi connectivity index (χ1v) is 7.31. The monoisotopic (exact) mass is 244 g/mol. The second-order valence-electron chi connectivity index (χ2n) is 5.82. The Balaban J connectivity index is 2.63. The molecule has 0 aliphatic rings. The molecular weight excluding hydrogens is 216 g/mol. The van der Waals surface area contributed by atoms with Crippen LogP contribution in [0.5, 0.6) is 0 Å². The maximum absolute atomic E-state index is 4.24. The van der Waals surface area contributed by atoms with E-state index in [9.17, 15) is 0 Å². The Morgan fingerprint density at radius 1 is 1.11 bits per heavy atom. The van der Waals surface area contributed by atoms with Crippen LogP contribution < -0.4 is 0 Å². The molecule has 0 aliphatic carbocycles. The Morgan fingerprint density at radius 3 is 2.22 bits per heavy atom. The van der Waals surface area contributed by atoms with Gasteiger partial charge < -0.3 is 0 Å². The molecule has 0 nitrogen and oxygen atoms in total. The molecule has 0 radical (unpaired) electrons. The van der Waals surface area contributed by atoms with Crippen LogP contribution in [0, 0.1) is 5.92 Å². The summed E-state index contributed by atoms with van der Waals surface area (Å²) in [4.78, 5) is 0. The molecule has 100 valence electrons. The van der Waals surface area contributed by atoms with Crippen molar-refractivity contribution in [1.82, 2.24) is 0 Å².